The lowest BCUT2D eigenvalue weighted by Gasteiger charge is -2.19. The van der Waals surface area contributed by atoms with Gasteiger partial charge < -0.3 is 20.1 Å². The molecular weight excluding hydrogens is 360 g/mol. The van der Waals surface area contributed by atoms with Gasteiger partial charge in [-0.3, -0.25) is 4.79 Å². The third kappa shape index (κ3) is 4.74. The predicted octanol–water partition coefficient (Wildman–Crippen LogP) is 4.52. The van der Waals surface area contributed by atoms with Gasteiger partial charge >= 0.3 is 0 Å². The van der Waals surface area contributed by atoms with Crippen LogP contribution in [0.5, 0.6) is 11.5 Å². The molecule has 1 amide bonds. The van der Waals surface area contributed by atoms with E-state index in [1.165, 1.54) is 7.11 Å². The van der Waals surface area contributed by atoms with E-state index in [9.17, 15) is 4.79 Å². The van der Waals surface area contributed by atoms with Crippen molar-refractivity contribution in [3.8, 4) is 11.5 Å². The van der Waals surface area contributed by atoms with Gasteiger partial charge in [0.05, 0.1) is 30.6 Å². The van der Waals surface area contributed by atoms with Crippen molar-refractivity contribution in [2.24, 2.45) is 0 Å². The van der Waals surface area contributed by atoms with E-state index in [1.807, 2.05) is 30.5 Å². The lowest BCUT2D eigenvalue weighted by Crippen LogP contribution is -2.32. The van der Waals surface area contributed by atoms with Gasteiger partial charge in [0.1, 0.15) is 17.5 Å². The number of thioether (sulfide) groups is 1. The topological polar surface area (TPSA) is 59.6 Å². The number of methoxy groups -OCH3 is 2. The number of hydrogen-bond donors (Lipinski definition) is 2. The van der Waals surface area contributed by atoms with Crippen LogP contribution >= 0.6 is 23.4 Å². The Morgan fingerprint density at radius 3 is 2.44 bits per heavy atom. The first kappa shape index (κ1) is 19.3. The van der Waals surface area contributed by atoms with Gasteiger partial charge in [0.2, 0.25) is 5.91 Å². The number of amides is 1. The number of hydrogen-bond acceptors (Lipinski definition) is 5. The summed E-state index contributed by atoms with van der Waals surface area (Å²) in [4.78, 5) is 13.5. The van der Waals surface area contributed by atoms with Crippen molar-refractivity contribution >= 4 is 40.6 Å². The summed E-state index contributed by atoms with van der Waals surface area (Å²) >= 11 is 7.75. The van der Waals surface area contributed by atoms with Gasteiger partial charge in [-0.05, 0) is 31.4 Å². The van der Waals surface area contributed by atoms with Crippen LogP contribution in [0.1, 0.15) is 6.92 Å². The zero-order valence-corrected chi connectivity index (χ0v) is 16.1. The van der Waals surface area contributed by atoms with Crippen LogP contribution in [0.4, 0.5) is 11.4 Å². The Morgan fingerprint density at radius 1 is 1.12 bits per heavy atom. The van der Waals surface area contributed by atoms with E-state index in [-0.39, 0.29) is 5.91 Å². The van der Waals surface area contributed by atoms with Gasteiger partial charge in [0, 0.05) is 11.0 Å². The minimum Gasteiger partial charge on any atom is -0.495 e. The number of nitrogens with one attached hydrogen (secondary N) is 2. The highest BCUT2D eigenvalue weighted by Gasteiger charge is 2.17. The molecule has 0 fully saturated rings. The van der Waals surface area contributed by atoms with E-state index in [2.05, 4.69) is 10.6 Å². The van der Waals surface area contributed by atoms with Crippen LogP contribution in [0.3, 0.4) is 0 Å². The molecule has 0 aliphatic carbocycles. The van der Waals surface area contributed by atoms with E-state index in [0.29, 0.717) is 22.2 Å². The molecule has 0 aliphatic heterocycles. The number of benzene rings is 2. The summed E-state index contributed by atoms with van der Waals surface area (Å²) in [5.41, 5.74) is 1.41. The molecule has 0 heterocycles. The van der Waals surface area contributed by atoms with Crippen LogP contribution in [0.25, 0.3) is 0 Å². The molecule has 7 heteroatoms. The van der Waals surface area contributed by atoms with Crippen molar-refractivity contribution in [2.45, 2.75) is 17.9 Å². The van der Waals surface area contributed by atoms with Gasteiger partial charge in [0.25, 0.3) is 0 Å². The molecule has 0 aromatic heterocycles. The van der Waals surface area contributed by atoms with Gasteiger partial charge in [-0.25, -0.2) is 0 Å². The van der Waals surface area contributed by atoms with E-state index in [4.69, 9.17) is 21.1 Å². The van der Waals surface area contributed by atoms with Crippen LogP contribution in [0.15, 0.2) is 41.3 Å². The number of rotatable bonds is 7. The van der Waals surface area contributed by atoms with Crippen LogP contribution < -0.4 is 20.1 Å². The summed E-state index contributed by atoms with van der Waals surface area (Å²) in [6.45, 7) is 1.77. The lowest BCUT2D eigenvalue weighted by molar-refractivity contribution is -0.116. The lowest BCUT2D eigenvalue weighted by atomic mass is 10.2. The Labute approximate surface area is 157 Å². The Balaban J connectivity index is 2.15. The monoisotopic (exact) mass is 380 g/mol. The Morgan fingerprint density at radius 2 is 1.80 bits per heavy atom. The summed E-state index contributed by atoms with van der Waals surface area (Å²) in [5, 5.41) is 6.50. The molecule has 134 valence electrons. The van der Waals surface area contributed by atoms with Crippen LogP contribution in [-0.4, -0.2) is 32.4 Å². The molecule has 5 nitrogen and oxygen atoms in total. The summed E-state index contributed by atoms with van der Waals surface area (Å²) in [5.74, 6) is 0.899. The minimum absolute atomic E-state index is 0.157. The molecule has 0 saturated carbocycles. The third-order valence-corrected chi connectivity index (χ3v) is 4.70. The summed E-state index contributed by atoms with van der Waals surface area (Å²) < 4.78 is 10.5. The normalized spacial score (nSPS) is 11.6. The van der Waals surface area contributed by atoms with Crippen molar-refractivity contribution < 1.29 is 14.3 Å². The maximum absolute atomic E-state index is 12.5. The highest BCUT2D eigenvalue weighted by Crippen LogP contribution is 2.36. The smallest absolute Gasteiger partial charge is 0.246 e. The molecule has 2 N–H and O–H groups in total. The molecule has 0 saturated heterocycles. The largest absolute Gasteiger partial charge is 0.495 e. The number of halogens is 1. The number of anilines is 2. The third-order valence-electron chi connectivity index (χ3n) is 3.60. The maximum Gasteiger partial charge on any atom is 0.246 e. The summed E-state index contributed by atoms with van der Waals surface area (Å²) in [6.07, 6.45) is 1.97. The second kappa shape index (κ2) is 8.87. The predicted molar refractivity (Wildman–Crippen MR) is 104 cm³/mol. The zero-order chi connectivity index (χ0) is 18.4. The SMILES string of the molecule is COc1cc(OC)c(NC(C)C(=O)Nc2ccccc2SC)cc1Cl. The van der Waals surface area contributed by atoms with Crippen molar-refractivity contribution in [3.63, 3.8) is 0 Å². The average molecular weight is 381 g/mol. The molecule has 0 spiro atoms. The second-order valence-corrected chi connectivity index (χ2v) is 6.50. The van der Waals surface area contributed by atoms with E-state index in [1.54, 1.807) is 37.9 Å². The van der Waals surface area contributed by atoms with Crippen LogP contribution in [-0.2, 0) is 4.79 Å². The molecular formula is C18H21ClN2O3S. The van der Waals surface area contributed by atoms with Gasteiger partial charge in [-0.1, -0.05) is 23.7 Å². The standard InChI is InChI=1S/C18H21ClN2O3S/c1-11(18(22)21-13-7-5-6-8-17(13)25-4)20-14-9-12(19)15(23-2)10-16(14)24-3/h5-11,20H,1-4H3,(H,21,22). The van der Waals surface area contributed by atoms with Gasteiger partial charge in [0.15, 0.2) is 0 Å². The van der Waals surface area contributed by atoms with Gasteiger partial charge in [-0.2, -0.15) is 0 Å². The Hall–Kier alpha value is -2.05. The second-order valence-electron chi connectivity index (χ2n) is 5.24. The molecule has 1 unspecified atom stereocenters. The Bertz CT molecular complexity index is 755. The molecule has 25 heavy (non-hydrogen) atoms. The number of ether oxygens (including phenoxy) is 2. The fraction of sp³-hybridized carbons (Fsp3) is 0.278. The van der Waals surface area contributed by atoms with Crippen LogP contribution in [0, 0.1) is 0 Å². The summed E-state index contributed by atoms with van der Waals surface area (Å²) in [7, 11) is 3.08. The highest BCUT2D eigenvalue weighted by atomic mass is 35.5. The number of para-hydroxylation sites is 1. The first-order valence-corrected chi connectivity index (χ1v) is 9.22. The van der Waals surface area contributed by atoms with Gasteiger partial charge in [-0.15, -0.1) is 11.8 Å². The van der Waals surface area contributed by atoms with Crippen molar-refractivity contribution in [3.05, 3.63) is 41.4 Å². The molecule has 0 radical (unpaired) electrons. The van der Waals surface area contributed by atoms with E-state index < -0.39 is 6.04 Å². The zero-order valence-electron chi connectivity index (χ0n) is 14.6. The fourth-order valence-electron chi connectivity index (χ4n) is 2.26. The molecule has 2 aromatic carbocycles. The fourth-order valence-corrected chi connectivity index (χ4v) is 3.05. The maximum atomic E-state index is 12.5. The number of carbonyl (C=O) groups excluding carboxylic acids is 1. The average Bonchev–Trinajstić information content (AvgIpc) is 2.62. The van der Waals surface area contributed by atoms with E-state index >= 15 is 0 Å². The Kier molecular flexibility index (Phi) is 6.84. The molecule has 2 aromatic rings. The minimum atomic E-state index is -0.492. The highest BCUT2D eigenvalue weighted by molar-refractivity contribution is 7.98. The molecule has 0 aliphatic rings. The van der Waals surface area contributed by atoms with Crippen molar-refractivity contribution in [2.75, 3.05) is 31.1 Å². The summed E-state index contributed by atoms with van der Waals surface area (Å²) in [6, 6.07) is 10.5. The van der Waals surface area contributed by atoms with Crippen molar-refractivity contribution in [1.29, 1.82) is 0 Å². The molecule has 1 atom stereocenters. The molecule has 2 rings (SSSR count). The first-order chi connectivity index (χ1) is 12.0. The van der Waals surface area contributed by atoms with Crippen LogP contribution in [0.2, 0.25) is 5.02 Å². The number of carbonyl (C=O) groups is 1. The first-order valence-electron chi connectivity index (χ1n) is 7.62. The van der Waals surface area contributed by atoms with Crippen molar-refractivity contribution in [1.82, 2.24) is 0 Å². The van der Waals surface area contributed by atoms with E-state index in [0.717, 1.165) is 10.6 Å². The quantitative estimate of drug-likeness (QED) is 0.691. The molecule has 0 bridgehead atoms.